The Bertz CT molecular complexity index is 560. The zero-order chi connectivity index (χ0) is 17.0. The second-order valence-electron chi connectivity index (χ2n) is 6.98. The van der Waals surface area contributed by atoms with E-state index >= 15 is 0 Å². The van der Waals surface area contributed by atoms with Crippen LogP contribution >= 0.6 is 0 Å². The lowest BCUT2D eigenvalue weighted by atomic mass is 9.91. The number of benzene rings is 1. The first-order chi connectivity index (χ1) is 10.8. The van der Waals surface area contributed by atoms with E-state index in [0.717, 1.165) is 44.1 Å². The molecule has 1 atom stereocenters. The smallest absolute Gasteiger partial charge is 0.254 e. The molecule has 1 aromatic rings. The highest BCUT2D eigenvalue weighted by atomic mass is 19.1. The third-order valence-electron chi connectivity index (χ3n) is 4.81. The highest BCUT2D eigenvalue weighted by Crippen LogP contribution is 2.25. The Balaban J connectivity index is 1.98. The van der Waals surface area contributed by atoms with Crippen LogP contribution in [0.5, 0.6) is 0 Å². The van der Waals surface area contributed by atoms with Crippen molar-refractivity contribution in [2.45, 2.75) is 45.6 Å². The summed E-state index contributed by atoms with van der Waals surface area (Å²) in [4.78, 5) is 14.5. The molecule has 1 aliphatic heterocycles. The minimum absolute atomic E-state index is 0.215. The summed E-state index contributed by atoms with van der Waals surface area (Å²) in [5.74, 6) is -1.19. The van der Waals surface area contributed by atoms with Gasteiger partial charge in [-0.3, -0.25) is 9.69 Å². The number of likely N-dealkylation sites (tertiary alicyclic amines) is 1. The third-order valence-corrected chi connectivity index (χ3v) is 4.81. The average Bonchev–Trinajstić information content (AvgIpc) is 2.55. The van der Waals surface area contributed by atoms with Crippen LogP contribution in [0.4, 0.5) is 8.78 Å². The van der Waals surface area contributed by atoms with E-state index in [1.165, 1.54) is 6.42 Å². The fourth-order valence-corrected chi connectivity index (χ4v) is 3.12. The first kappa shape index (κ1) is 17.9. The molecule has 0 saturated carbocycles. The van der Waals surface area contributed by atoms with Crippen LogP contribution in [-0.4, -0.2) is 36.0 Å². The lowest BCUT2D eigenvalue weighted by Crippen LogP contribution is -2.54. The van der Waals surface area contributed by atoms with Crippen LogP contribution < -0.4 is 5.32 Å². The Morgan fingerprint density at radius 3 is 2.83 bits per heavy atom. The molecule has 1 aliphatic rings. The molecule has 23 heavy (non-hydrogen) atoms. The standard InChI is InChI=1S/C18H26F2N2O/c1-4-13-6-5-9-22(11-13)18(2,3)12-21-17(23)15-10-14(19)7-8-16(15)20/h7-8,10,13H,4-6,9,11-12H2,1-3H3,(H,21,23). The van der Waals surface area contributed by atoms with Gasteiger partial charge in [0.2, 0.25) is 0 Å². The second-order valence-corrected chi connectivity index (χ2v) is 6.98. The molecule has 1 unspecified atom stereocenters. The maximum Gasteiger partial charge on any atom is 0.254 e. The summed E-state index contributed by atoms with van der Waals surface area (Å²) < 4.78 is 26.9. The summed E-state index contributed by atoms with van der Waals surface area (Å²) in [7, 11) is 0. The molecule has 1 heterocycles. The summed E-state index contributed by atoms with van der Waals surface area (Å²) in [5, 5.41) is 2.75. The van der Waals surface area contributed by atoms with Crippen molar-refractivity contribution in [1.29, 1.82) is 0 Å². The monoisotopic (exact) mass is 324 g/mol. The number of nitrogens with zero attached hydrogens (tertiary/aromatic N) is 1. The fourth-order valence-electron chi connectivity index (χ4n) is 3.12. The van der Waals surface area contributed by atoms with E-state index in [1.54, 1.807) is 0 Å². The number of piperidine rings is 1. The maximum absolute atomic E-state index is 13.7. The Hall–Kier alpha value is -1.49. The maximum atomic E-state index is 13.7. The average molecular weight is 324 g/mol. The van der Waals surface area contributed by atoms with Gasteiger partial charge in [-0.2, -0.15) is 0 Å². The SMILES string of the molecule is CCC1CCCN(C(C)(C)CNC(=O)c2cc(F)ccc2F)C1. The van der Waals surface area contributed by atoms with E-state index in [0.29, 0.717) is 12.5 Å². The first-order valence-corrected chi connectivity index (χ1v) is 8.32. The number of halogens is 2. The predicted molar refractivity (Wildman–Crippen MR) is 87.4 cm³/mol. The lowest BCUT2D eigenvalue weighted by molar-refractivity contribution is 0.0611. The van der Waals surface area contributed by atoms with Crippen molar-refractivity contribution in [3.63, 3.8) is 0 Å². The van der Waals surface area contributed by atoms with Crippen LogP contribution in [0, 0.1) is 17.6 Å². The molecule has 1 saturated heterocycles. The van der Waals surface area contributed by atoms with E-state index < -0.39 is 17.5 Å². The van der Waals surface area contributed by atoms with E-state index in [2.05, 4.69) is 31.0 Å². The van der Waals surface area contributed by atoms with Gasteiger partial charge in [0, 0.05) is 18.6 Å². The normalized spacial score (nSPS) is 19.6. The summed E-state index contributed by atoms with van der Waals surface area (Å²) in [6.07, 6.45) is 3.58. The van der Waals surface area contributed by atoms with Crippen LogP contribution in [-0.2, 0) is 0 Å². The van der Waals surface area contributed by atoms with Crippen molar-refractivity contribution < 1.29 is 13.6 Å². The van der Waals surface area contributed by atoms with Gasteiger partial charge < -0.3 is 5.32 Å². The van der Waals surface area contributed by atoms with Crippen LogP contribution in [0.2, 0.25) is 0 Å². The van der Waals surface area contributed by atoms with Gasteiger partial charge in [-0.25, -0.2) is 8.78 Å². The van der Waals surface area contributed by atoms with Crippen LogP contribution in [0.15, 0.2) is 18.2 Å². The van der Waals surface area contributed by atoms with Crippen molar-refractivity contribution in [2.75, 3.05) is 19.6 Å². The Morgan fingerprint density at radius 1 is 1.39 bits per heavy atom. The molecule has 1 fully saturated rings. The van der Waals surface area contributed by atoms with Gasteiger partial charge in [-0.05, 0) is 57.4 Å². The second kappa shape index (κ2) is 7.39. The van der Waals surface area contributed by atoms with Crippen molar-refractivity contribution in [2.24, 2.45) is 5.92 Å². The van der Waals surface area contributed by atoms with Gasteiger partial charge in [0.25, 0.3) is 5.91 Å². The van der Waals surface area contributed by atoms with Crippen LogP contribution in [0.25, 0.3) is 0 Å². The number of nitrogens with one attached hydrogen (secondary N) is 1. The first-order valence-electron chi connectivity index (χ1n) is 8.32. The largest absolute Gasteiger partial charge is 0.350 e. The Kier molecular flexibility index (Phi) is 5.74. The van der Waals surface area contributed by atoms with Gasteiger partial charge >= 0.3 is 0 Å². The van der Waals surface area contributed by atoms with Gasteiger partial charge in [0.05, 0.1) is 5.56 Å². The minimum Gasteiger partial charge on any atom is -0.350 e. The van der Waals surface area contributed by atoms with Gasteiger partial charge in [0.15, 0.2) is 0 Å². The Labute approximate surface area is 137 Å². The third kappa shape index (κ3) is 4.50. The molecule has 1 aromatic carbocycles. The molecule has 0 bridgehead atoms. The quantitative estimate of drug-likeness (QED) is 0.897. The predicted octanol–water partition coefficient (Wildman–Crippen LogP) is 3.60. The summed E-state index contributed by atoms with van der Waals surface area (Å²) in [5.41, 5.74) is -0.460. The molecular weight excluding hydrogens is 298 g/mol. The van der Waals surface area contributed by atoms with Crippen LogP contribution in [0.3, 0.4) is 0 Å². The summed E-state index contributed by atoms with van der Waals surface area (Å²) >= 11 is 0. The van der Waals surface area contributed by atoms with E-state index in [1.807, 2.05) is 0 Å². The van der Waals surface area contributed by atoms with E-state index in [4.69, 9.17) is 0 Å². The molecule has 0 radical (unpaired) electrons. The van der Waals surface area contributed by atoms with Crippen molar-refractivity contribution in [3.05, 3.63) is 35.4 Å². The molecule has 0 aliphatic carbocycles. The summed E-state index contributed by atoms with van der Waals surface area (Å²) in [6.45, 7) is 8.79. The van der Waals surface area contributed by atoms with Crippen molar-refractivity contribution >= 4 is 5.91 Å². The molecule has 2 rings (SSSR count). The molecule has 3 nitrogen and oxygen atoms in total. The number of rotatable bonds is 5. The van der Waals surface area contributed by atoms with Crippen molar-refractivity contribution in [3.8, 4) is 0 Å². The molecule has 1 N–H and O–H groups in total. The molecule has 128 valence electrons. The minimum atomic E-state index is -0.703. The van der Waals surface area contributed by atoms with Crippen LogP contribution in [0.1, 0.15) is 50.4 Å². The van der Waals surface area contributed by atoms with Gasteiger partial charge in [-0.15, -0.1) is 0 Å². The lowest BCUT2D eigenvalue weighted by Gasteiger charge is -2.43. The Morgan fingerprint density at radius 2 is 2.13 bits per heavy atom. The fraction of sp³-hybridized carbons (Fsp3) is 0.611. The topological polar surface area (TPSA) is 32.3 Å². The highest BCUT2D eigenvalue weighted by molar-refractivity contribution is 5.94. The number of carbonyl (C=O) groups excluding carboxylic acids is 1. The summed E-state index contributed by atoms with van der Waals surface area (Å²) in [6, 6.07) is 2.92. The number of hydrogen-bond donors (Lipinski definition) is 1. The molecule has 1 amide bonds. The van der Waals surface area contributed by atoms with Gasteiger partial charge in [0.1, 0.15) is 11.6 Å². The molecule has 5 heteroatoms. The zero-order valence-electron chi connectivity index (χ0n) is 14.2. The van der Waals surface area contributed by atoms with E-state index in [9.17, 15) is 13.6 Å². The van der Waals surface area contributed by atoms with Crippen molar-refractivity contribution in [1.82, 2.24) is 10.2 Å². The highest BCUT2D eigenvalue weighted by Gasteiger charge is 2.31. The zero-order valence-corrected chi connectivity index (χ0v) is 14.2. The number of carbonyl (C=O) groups is 1. The molecule has 0 spiro atoms. The number of hydrogen-bond acceptors (Lipinski definition) is 2. The van der Waals surface area contributed by atoms with E-state index in [-0.39, 0.29) is 11.1 Å². The van der Waals surface area contributed by atoms with Gasteiger partial charge in [-0.1, -0.05) is 13.3 Å². The molecular formula is C18H26F2N2O. The molecule has 0 aromatic heterocycles. The number of amides is 1.